The zero-order valence-electron chi connectivity index (χ0n) is 4.61. The molecule has 1 aromatic heterocycles. The van der Waals surface area contributed by atoms with Gasteiger partial charge in [0.1, 0.15) is 18.0 Å². The highest BCUT2D eigenvalue weighted by molar-refractivity contribution is 5.08. The van der Waals surface area contributed by atoms with Crippen LogP contribution in [0.15, 0.2) is 17.1 Å². The Bertz CT molecular complexity index is 211. The molecule has 0 amide bonds. The summed E-state index contributed by atoms with van der Waals surface area (Å²) in [7, 11) is 0. The van der Waals surface area contributed by atoms with Gasteiger partial charge in [-0.1, -0.05) is 0 Å². The standard InChI is InChI=1S/C5H5N3O/c6-1-4(7)5-2-9-3-8-5/h2-4H,7H2. The summed E-state index contributed by atoms with van der Waals surface area (Å²) in [6, 6.07) is 1.16. The lowest BCUT2D eigenvalue weighted by molar-refractivity contribution is 0.555. The van der Waals surface area contributed by atoms with Gasteiger partial charge in [0.05, 0.1) is 6.07 Å². The smallest absolute Gasteiger partial charge is 0.180 e. The Hall–Kier alpha value is -1.34. The van der Waals surface area contributed by atoms with Gasteiger partial charge in [-0.25, -0.2) is 4.98 Å². The second kappa shape index (κ2) is 2.29. The molecule has 0 fully saturated rings. The van der Waals surface area contributed by atoms with Crippen molar-refractivity contribution < 1.29 is 4.42 Å². The molecule has 4 heteroatoms. The fourth-order valence-corrected chi connectivity index (χ4v) is 0.442. The first-order valence-corrected chi connectivity index (χ1v) is 2.38. The fourth-order valence-electron chi connectivity index (χ4n) is 0.442. The van der Waals surface area contributed by atoms with E-state index in [9.17, 15) is 0 Å². The van der Waals surface area contributed by atoms with Crippen LogP contribution in [0, 0.1) is 11.3 Å². The van der Waals surface area contributed by atoms with Crippen LogP contribution in [-0.4, -0.2) is 4.98 Å². The first-order valence-electron chi connectivity index (χ1n) is 2.38. The van der Waals surface area contributed by atoms with E-state index in [1.54, 1.807) is 0 Å². The van der Waals surface area contributed by atoms with Gasteiger partial charge in [-0.15, -0.1) is 0 Å². The Morgan fingerprint density at radius 1 is 1.89 bits per heavy atom. The Kier molecular flexibility index (Phi) is 1.47. The van der Waals surface area contributed by atoms with Crippen molar-refractivity contribution in [1.82, 2.24) is 4.98 Å². The minimum atomic E-state index is -0.663. The van der Waals surface area contributed by atoms with Gasteiger partial charge >= 0.3 is 0 Å². The molecule has 1 atom stereocenters. The second-order valence-corrected chi connectivity index (χ2v) is 1.52. The molecule has 0 saturated heterocycles. The summed E-state index contributed by atoms with van der Waals surface area (Å²) in [5.41, 5.74) is 5.72. The van der Waals surface area contributed by atoms with E-state index in [-0.39, 0.29) is 0 Å². The molecule has 0 saturated carbocycles. The van der Waals surface area contributed by atoms with Crippen molar-refractivity contribution >= 4 is 0 Å². The third kappa shape index (κ3) is 1.06. The van der Waals surface area contributed by atoms with Gasteiger partial charge < -0.3 is 10.2 Å². The average Bonchev–Trinajstić information content (AvgIpc) is 2.37. The summed E-state index contributed by atoms with van der Waals surface area (Å²) in [6.07, 6.45) is 2.60. The molecule has 0 bridgehead atoms. The molecule has 0 aliphatic rings. The molecule has 0 radical (unpaired) electrons. The van der Waals surface area contributed by atoms with Crippen LogP contribution >= 0.6 is 0 Å². The predicted octanol–water partition coefficient (Wildman–Crippen LogP) is 0.198. The highest BCUT2D eigenvalue weighted by Gasteiger charge is 2.04. The lowest BCUT2D eigenvalue weighted by Gasteiger charge is -1.90. The molecular weight excluding hydrogens is 118 g/mol. The minimum absolute atomic E-state index is 0.470. The Morgan fingerprint density at radius 2 is 2.67 bits per heavy atom. The summed E-state index contributed by atoms with van der Waals surface area (Å²) in [6.45, 7) is 0. The van der Waals surface area contributed by atoms with E-state index < -0.39 is 6.04 Å². The van der Waals surface area contributed by atoms with E-state index in [0.29, 0.717) is 5.69 Å². The number of rotatable bonds is 1. The Balaban J connectivity index is 2.80. The van der Waals surface area contributed by atoms with Crippen LogP contribution in [0.25, 0.3) is 0 Å². The summed E-state index contributed by atoms with van der Waals surface area (Å²) in [5, 5.41) is 8.25. The molecular formula is C5H5N3O. The Morgan fingerprint density at radius 3 is 3.11 bits per heavy atom. The largest absolute Gasteiger partial charge is 0.451 e. The number of aromatic nitrogens is 1. The number of nitrogens with two attached hydrogens (primary N) is 1. The molecule has 2 N–H and O–H groups in total. The third-order valence-corrected chi connectivity index (χ3v) is 0.909. The lowest BCUT2D eigenvalue weighted by Crippen LogP contribution is -2.06. The topological polar surface area (TPSA) is 75.8 Å². The van der Waals surface area contributed by atoms with Gasteiger partial charge in [-0.3, -0.25) is 0 Å². The number of hydrogen-bond acceptors (Lipinski definition) is 4. The minimum Gasteiger partial charge on any atom is -0.451 e. The van der Waals surface area contributed by atoms with Crippen LogP contribution in [-0.2, 0) is 0 Å². The van der Waals surface area contributed by atoms with Crippen molar-refractivity contribution in [1.29, 1.82) is 5.26 Å². The van der Waals surface area contributed by atoms with Crippen molar-refractivity contribution in [3.05, 3.63) is 18.4 Å². The molecule has 4 nitrogen and oxygen atoms in total. The van der Waals surface area contributed by atoms with Gasteiger partial charge in [0, 0.05) is 0 Å². The average molecular weight is 123 g/mol. The number of oxazole rings is 1. The van der Waals surface area contributed by atoms with Crippen LogP contribution in [0.3, 0.4) is 0 Å². The fraction of sp³-hybridized carbons (Fsp3) is 0.200. The van der Waals surface area contributed by atoms with Crippen molar-refractivity contribution in [2.24, 2.45) is 5.73 Å². The van der Waals surface area contributed by atoms with E-state index in [1.165, 1.54) is 12.7 Å². The number of hydrogen-bond donors (Lipinski definition) is 1. The van der Waals surface area contributed by atoms with E-state index in [4.69, 9.17) is 11.0 Å². The zero-order chi connectivity index (χ0) is 6.69. The van der Waals surface area contributed by atoms with E-state index in [2.05, 4.69) is 9.40 Å². The SMILES string of the molecule is N#CC(N)c1cocn1. The van der Waals surface area contributed by atoms with E-state index >= 15 is 0 Å². The zero-order valence-corrected chi connectivity index (χ0v) is 4.61. The molecule has 46 valence electrons. The number of nitrogens with zero attached hydrogens (tertiary/aromatic N) is 2. The van der Waals surface area contributed by atoms with Gasteiger partial charge in [-0.05, 0) is 0 Å². The van der Waals surface area contributed by atoms with Gasteiger partial charge in [0.25, 0.3) is 0 Å². The lowest BCUT2D eigenvalue weighted by atomic mass is 10.3. The molecule has 9 heavy (non-hydrogen) atoms. The first-order chi connectivity index (χ1) is 4.34. The first kappa shape index (κ1) is 5.79. The van der Waals surface area contributed by atoms with E-state index in [0.717, 1.165) is 0 Å². The van der Waals surface area contributed by atoms with E-state index in [1.807, 2.05) is 6.07 Å². The van der Waals surface area contributed by atoms with Crippen LogP contribution in [0.5, 0.6) is 0 Å². The van der Waals surface area contributed by atoms with Gasteiger partial charge in [0.15, 0.2) is 6.39 Å². The van der Waals surface area contributed by atoms with Gasteiger partial charge in [0.2, 0.25) is 0 Å². The van der Waals surface area contributed by atoms with Crippen molar-refractivity contribution in [3.63, 3.8) is 0 Å². The maximum atomic E-state index is 8.25. The Labute approximate surface area is 51.9 Å². The van der Waals surface area contributed by atoms with Crippen LogP contribution < -0.4 is 5.73 Å². The molecule has 0 aromatic carbocycles. The van der Waals surface area contributed by atoms with Crippen molar-refractivity contribution in [2.75, 3.05) is 0 Å². The molecule has 0 aliphatic heterocycles. The van der Waals surface area contributed by atoms with Crippen molar-refractivity contribution in [2.45, 2.75) is 6.04 Å². The van der Waals surface area contributed by atoms with Crippen LogP contribution in [0.2, 0.25) is 0 Å². The molecule has 1 aromatic rings. The maximum absolute atomic E-state index is 8.25. The summed E-state index contributed by atoms with van der Waals surface area (Å²) in [5.74, 6) is 0. The highest BCUT2D eigenvalue weighted by atomic mass is 16.3. The summed E-state index contributed by atoms with van der Waals surface area (Å²) in [4.78, 5) is 3.67. The predicted molar refractivity (Wildman–Crippen MR) is 29.0 cm³/mol. The quantitative estimate of drug-likeness (QED) is 0.578. The molecule has 0 spiro atoms. The summed E-state index contributed by atoms with van der Waals surface area (Å²) >= 11 is 0. The monoisotopic (exact) mass is 123 g/mol. The number of nitriles is 1. The highest BCUT2D eigenvalue weighted by Crippen LogP contribution is 2.03. The molecule has 0 aliphatic carbocycles. The van der Waals surface area contributed by atoms with Gasteiger partial charge in [-0.2, -0.15) is 5.26 Å². The second-order valence-electron chi connectivity index (χ2n) is 1.52. The maximum Gasteiger partial charge on any atom is 0.180 e. The normalized spacial score (nSPS) is 12.4. The van der Waals surface area contributed by atoms with Crippen molar-refractivity contribution in [3.8, 4) is 6.07 Å². The summed E-state index contributed by atoms with van der Waals surface area (Å²) < 4.78 is 4.60. The molecule has 1 unspecified atom stereocenters. The third-order valence-electron chi connectivity index (χ3n) is 0.909. The van der Waals surface area contributed by atoms with Crippen LogP contribution in [0.4, 0.5) is 0 Å². The molecule has 1 heterocycles. The molecule has 1 rings (SSSR count). The van der Waals surface area contributed by atoms with Crippen LogP contribution in [0.1, 0.15) is 11.7 Å².